The van der Waals surface area contributed by atoms with Gasteiger partial charge in [0, 0.05) is 75.4 Å². The predicted octanol–water partition coefficient (Wildman–Crippen LogP) is 7.50. The molecule has 4 atom stereocenters. The maximum atomic E-state index is 5.99. The first-order valence-corrected chi connectivity index (χ1v) is 25.0. The van der Waals surface area contributed by atoms with Gasteiger partial charge in [-0.15, -0.1) is 10.2 Å². The Balaban J connectivity index is 1.27. The molecule has 1 fully saturated rings. The van der Waals surface area contributed by atoms with E-state index in [9.17, 15) is 0 Å². The predicted molar refractivity (Wildman–Crippen MR) is 281 cm³/mol. The Kier molecular flexibility index (Phi) is 8.95. The molecule has 1 aliphatic rings. The Morgan fingerprint density at radius 2 is 1.53 bits per heavy atom. The van der Waals surface area contributed by atoms with Crippen LogP contribution in [0, 0.1) is 0 Å². The number of H-pyrrole nitrogens is 4. The number of hydrazine groups is 1. The van der Waals surface area contributed by atoms with Gasteiger partial charge in [0.05, 0.1) is 59.2 Å². The van der Waals surface area contributed by atoms with E-state index in [0.29, 0.717) is 67.4 Å². The van der Waals surface area contributed by atoms with E-state index in [4.69, 9.17) is 69.7 Å². The minimum Gasteiger partial charge on any atom is -0.363 e. The fourth-order valence-electron chi connectivity index (χ4n) is 12.4. The van der Waals surface area contributed by atoms with E-state index in [0.717, 1.165) is 27.1 Å². The van der Waals surface area contributed by atoms with Crippen LogP contribution in [0.15, 0.2) is 181 Å². The molecule has 3 aromatic carbocycles. The van der Waals surface area contributed by atoms with E-state index in [2.05, 4.69) is 59.0 Å². The first-order valence-electron chi connectivity index (χ1n) is 24.2. The minimum absolute atomic E-state index is 0.112. The van der Waals surface area contributed by atoms with E-state index in [1.807, 2.05) is 113 Å². The molecule has 368 valence electrons. The molecule has 0 saturated carbocycles. The van der Waals surface area contributed by atoms with Gasteiger partial charge in [0.25, 0.3) is 0 Å². The number of nitrogens with one attached hydrogen (secondary N) is 4. The second-order valence-corrected chi connectivity index (χ2v) is 19.1. The van der Waals surface area contributed by atoms with Gasteiger partial charge in [-0.2, -0.15) is 20.3 Å². The smallest absolute Gasteiger partial charge is 0.247 e. The Labute approximate surface area is 435 Å². The Morgan fingerprint density at radius 3 is 2.42 bits per heavy atom. The van der Waals surface area contributed by atoms with Crippen LogP contribution in [0.5, 0.6) is 0 Å². The van der Waals surface area contributed by atoms with E-state index in [-0.39, 0.29) is 17.5 Å². The third-order valence-electron chi connectivity index (χ3n) is 15.1. The number of pyridine rings is 1. The number of fused-ring (bicyclic) bond motifs is 6. The number of aromatic amines is 4. The van der Waals surface area contributed by atoms with Crippen molar-refractivity contribution in [3.63, 3.8) is 0 Å². The van der Waals surface area contributed by atoms with E-state index < -0.39 is 22.4 Å². The zero-order valence-electron chi connectivity index (χ0n) is 39.7. The molecule has 0 aliphatic carbocycles. The summed E-state index contributed by atoms with van der Waals surface area (Å²) in [7, 11) is 0. The number of rotatable bonds is 9. The molecule has 13 heterocycles. The lowest BCUT2D eigenvalue weighted by Crippen LogP contribution is -2.81. The number of aromatic nitrogens is 20. The van der Waals surface area contributed by atoms with Crippen molar-refractivity contribution in [3.8, 4) is 0 Å². The van der Waals surface area contributed by atoms with Crippen LogP contribution in [-0.2, 0) is 16.4 Å². The third-order valence-corrected chi connectivity index (χ3v) is 15.6. The molecule has 4 unspecified atom stereocenters. The second-order valence-electron chi connectivity index (χ2n) is 18.5. The van der Waals surface area contributed by atoms with Gasteiger partial charge in [-0.25, -0.2) is 44.6 Å². The Bertz CT molecular complexity index is 4680. The molecule has 15 aromatic rings. The van der Waals surface area contributed by atoms with Gasteiger partial charge in [0.1, 0.15) is 33.6 Å². The van der Waals surface area contributed by atoms with Gasteiger partial charge in [0.15, 0.2) is 28.5 Å². The van der Waals surface area contributed by atoms with Crippen LogP contribution in [0.3, 0.4) is 0 Å². The van der Waals surface area contributed by atoms with Crippen LogP contribution in [0.25, 0.3) is 60.3 Å². The van der Waals surface area contributed by atoms with Gasteiger partial charge in [-0.05, 0) is 47.3 Å². The molecule has 1 saturated heterocycles. The fraction of sp³-hybridized carbons (Fsp3) is 0.0755. The first kappa shape index (κ1) is 42.7. The summed E-state index contributed by atoms with van der Waals surface area (Å²) in [4.78, 5) is 42.9. The maximum absolute atomic E-state index is 5.99. The highest BCUT2D eigenvalue weighted by atomic mass is 32.1. The summed E-state index contributed by atoms with van der Waals surface area (Å²) < 4.78 is 12.9. The van der Waals surface area contributed by atoms with Crippen LogP contribution in [0.4, 0.5) is 11.8 Å². The zero-order valence-corrected chi connectivity index (χ0v) is 40.5. The van der Waals surface area contributed by atoms with Gasteiger partial charge >= 0.3 is 0 Å². The van der Waals surface area contributed by atoms with Gasteiger partial charge < -0.3 is 14.4 Å². The van der Waals surface area contributed by atoms with Gasteiger partial charge in [0.2, 0.25) is 5.95 Å². The van der Waals surface area contributed by atoms with Crippen LogP contribution >= 0.6 is 11.5 Å². The van der Waals surface area contributed by atoms with E-state index >= 15 is 0 Å². The lowest BCUT2D eigenvalue weighted by Gasteiger charge is -2.69. The lowest BCUT2D eigenvalue weighted by atomic mass is 9.42. The van der Waals surface area contributed by atoms with Crippen molar-refractivity contribution in [1.82, 2.24) is 99.7 Å². The summed E-state index contributed by atoms with van der Waals surface area (Å²) in [6.07, 6.45) is 19.3. The number of benzene rings is 3. The van der Waals surface area contributed by atoms with Crippen molar-refractivity contribution in [2.45, 2.75) is 22.4 Å². The van der Waals surface area contributed by atoms with Crippen molar-refractivity contribution in [3.05, 3.63) is 217 Å². The first-order chi connectivity index (χ1) is 38.2. The summed E-state index contributed by atoms with van der Waals surface area (Å²) in [6, 6.07) is 32.8. The van der Waals surface area contributed by atoms with Crippen LogP contribution in [0.1, 0.15) is 45.9 Å². The molecule has 24 heteroatoms. The highest BCUT2D eigenvalue weighted by Gasteiger charge is 2.83. The molecule has 0 radical (unpaired) electrons. The normalized spacial score (nSPS) is 19.9. The number of imidazole rings is 1. The monoisotopic (exact) mass is 1030 g/mol. The molecule has 12 aromatic heterocycles. The van der Waals surface area contributed by atoms with Crippen molar-refractivity contribution in [1.29, 1.82) is 0 Å². The average Bonchev–Trinajstić information content (AvgIpc) is 4.50. The highest BCUT2D eigenvalue weighted by Crippen LogP contribution is 2.73. The minimum atomic E-state index is -1.98. The number of hydrogen-bond acceptors (Lipinski definition) is 19. The van der Waals surface area contributed by atoms with Gasteiger partial charge in [-0.1, -0.05) is 87.6 Å². The SMILES string of the molecule is c1ccc2c(N3N(c4ncc5nccnc5n4)C(c4ncc5[nH]cnc5n4)C(c4cc[nH]n4)(c4[nH]cc5ccccc45)C(c4csnn4)(c4n[nH]c5ccccc45)C3(c3cnon3)c3ccn4ccccc34)nncc2c1. The Hall–Kier alpha value is -10.8. The quantitative estimate of drug-likeness (QED) is 0.109. The number of hydrogen-bond donors (Lipinski definition) is 4. The van der Waals surface area contributed by atoms with Crippen molar-refractivity contribution in [2.75, 3.05) is 10.0 Å². The summed E-state index contributed by atoms with van der Waals surface area (Å²) in [5, 5.41) is 52.6. The Morgan fingerprint density at radius 1 is 0.662 bits per heavy atom. The molecule has 4 N–H and O–H groups in total. The molecule has 0 bridgehead atoms. The molecular weight excluding hydrogens is 993 g/mol. The number of para-hydroxylation sites is 1. The lowest BCUT2D eigenvalue weighted by molar-refractivity contribution is 0.0834. The van der Waals surface area contributed by atoms with Crippen molar-refractivity contribution >= 4 is 83.6 Å². The van der Waals surface area contributed by atoms with Crippen LogP contribution in [-0.4, -0.2) is 99.7 Å². The zero-order chi connectivity index (χ0) is 50.7. The van der Waals surface area contributed by atoms with E-state index in [1.165, 1.54) is 11.5 Å². The topological polar surface area (TPSA) is 281 Å². The van der Waals surface area contributed by atoms with Gasteiger partial charge in [-0.3, -0.25) is 10.2 Å². The highest BCUT2D eigenvalue weighted by molar-refractivity contribution is 7.03. The van der Waals surface area contributed by atoms with Crippen molar-refractivity contribution < 1.29 is 4.63 Å². The molecule has 23 nitrogen and oxygen atoms in total. The van der Waals surface area contributed by atoms with Crippen molar-refractivity contribution in [2.24, 2.45) is 0 Å². The summed E-state index contributed by atoms with van der Waals surface area (Å²) in [5.74, 6) is 0.670. The largest absolute Gasteiger partial charge is 0.363 e. The molecular formula is C53H34N22OS. The molecule has 16 rings (SSSR count). The molecule has 77 heavy (non-hydrogen) atoms. The number of nitrogens with zero attached hydrogens (tertiary/aromatic N) is 18. The summed E-state index contributed by atoms with van der Waals surface area (Å²) in [5.41, 5.74) is 0.368. The van der Waals surface area contributed by atoms with E-state index in [1.54, 1.807) is 49.7 Å². The number of anilines is 2. The summed E-state index contributed by atoms with van der Waals surface area (Å²) in [6.45, 7) is 0. The average molecular weight is 1030 g/mol. The molecule has 0 spiro atoms. The summed E-state index contributed by atoms with van der Waals surface area (Å²) >= 11 is 1.18. The molecule has 1 aliphatic heterocycles. The van der Waals surface area contributed by atoms with Crippen LogP contribution < -0.4 is 10.0 Å². The fourth-order valence-corrected chi connectivity index (χ4v) is 12.9. The standard InChI is InChI=1S/C53H34N22OS/c1-3-11-32-30(9-1)23-56-43(32)51(40-16-18-61-67-40)45(48-57-25-38-47(64-48)60-29-59-38)74(50-58-26-37-46(65-50)55-20-19-54-37)75(49-33-12-4-2-10-31(33)24-62-70-49)53(41-27-63-76-71-41,35-17-22-73-21-8-7-15-39(35)73)52(51,42-28-77-72-68-42)44-34-13-5-6-14-36(34)66-69-44/h1-29,45,56H,(H,61,67)(H,66,69)(H,57,59,60,64). The third kappa shape index (κ3) is 5.58. The second kappa shape index (κ2) is 16.1. The maximum Gasteiger partial charge on any atom is 0.247 e. The van der Waals surface area contributed by atoms with Crippen LogP contribution in [0.2, 0.25) is 0 Å². The molecule has 0 amide bonds.